The zero-order chi connectivity index (χ0) is 32.4. The Labute approximate surface area is 262 Å². The minimum Gasteiger partial charge on any atom is -0.460 e. The third-order valence-corrected chi connectivity index (χ3v) is 7.20. The van der Waals surface area contributed by atoms with Crippen LogP contribution in [0.1, 0.15) is 89.6 Å². The Morgan fingerprint density at radius 2 is 1.57 bits per heavy atom. The van der Waals surface area contributed by atoms with Crippen molar-refractivity contribution in [2.45, 2.75) is 93.3 Å². The van der Waals surface area contributed by atoms with Gasteiger partial charge in [-0.05, 0) is 106 Å². The van der Waals surface area contributed by atoms with E-state index in [4.69, 9.17) is 9.47 Å². The van der Waals surface area contributed by atoms with Crippen LogP contribution in [0.25, 0.3) is 5.70 Å². The Hall–Kier alpha value is -4.19. The van der Waals surface area contributed by atoms with Gasteiger partial charge >= 0.3 is 11.9 Å². The van der Waals surface area contributed by atoms with Gasteiger partial charge in [0.05, 0.1) is 17.7 Å². The third kappa shape index (κ3) is 9.15. The van der Waals surface area contributed by atoms with Crippen LogP contribution in [0, 0.1) is 5.82 Å². The average molecular weight is 600 g/mol. The number of hydrogen-bond acceptors (Lipinski definition) is 5. The number of halogens is 1. The molecule has 3 aromatic rings. The number of hydrogen-bond donors (Lipinski definition) is 0. The first-order valence-corrected chi connectivity index (χ1v) is 15.4. The molecule has 3 aromatic carbocycles. The van der Waals surface area contributed by atoms with Crippen molar-refractivity contribution in [1.82, 2.24) is 0 Å². The van der Waals surface area contributed by atoms with Gasteiger partial charge in [-0.2, -0.15) is 0 Å². The van der Waals surface area contributed by atoms with Gasteiger partial charge in [-0.1, -0.05) is 69.3 Å². The summed E-state index contributed by atoms with van der Waals surface area (Å²) >= 11 is 0. The first-order valence-electron chi connectivity index (χ1n) is 15.4. The van der Waals surface area contributed by atoms with E-state index in [1.165, 1.54) is 6.07 Å². The number of nitrogens with zero attached hydrogens (tertiary/aromatic N) is 1. The number of allylic oxidation sites excluding steroid dienone is 2. The lowest BCUT2D eigenvalue weighted by Crippen LogP contribution is -2.27. The van der Waals surface area contributed by atoms with Crippen molar-refractivity contribution in [3.8, 4) is 0 Å². The maximum Gasteiger partial charge on any atom is 0.336 e. The lowest BCUT2D eigenvalue weighted by atomic mass is 9.97. The largest absolute Gasteiger partial charge is 0.460 e. The van der Waals surface area contributed by atoms with Crippen molar-refractivity contribution in [2.24, 2.45) is 0 Å². The Balaban J connectivity index is 2.29. The van der Waals surface area contributed by atoms with Crippen molar-refractivity contribution >= 4 is 23.3 Å². The molecule has 0 atom stereocenters. The van der Waals surface area contributed by atoms with Crippen LogP contribution in [-0.4, -0.2) is 17.5 Å². The van der Waals surface area contributed by atoms with E-state index < -0.39 is 11.6 Å². The summed E-state index contributed by atoms with van der Waals surface area (Å²) in [5, 5.41) is 0. The average Bonchev–Trinajstić information content (AvgIpc) is 2.98. The molecule has 44 heavy (non-hydrogen) atoms. The van der Waals surface area contributed by atoms with E-state index in [2.05, 4.69) is 19.1 Å². The zero-order valence-corrected chi connectivity index (χ0v) is 27.4. The minimum absolute atomic E-state index is 0.0426. The zero-order valence-electron chi connectivity index (χ0n) is 27.4. The normalized spacial score (nSPS) is 12.4. The van der Waals surface area contributed by atoms with Crippen LogP contribution >= 0.6 is 0 Å². The van der Waals surface area contributed by atoms with Gasteiger partial charge in [0, 0.05) is 11.4 Å². The van der Waals surface area contributed by atoms with E-state index in [0.717, 1.165) is 40.9 Å². The van der Waals surface area contributed by atoms with Gasteiger partial charge in [-0.3, -0.25) is 4.79 Å². The summed E-state index contributed by atoms with van der Waals surface area (Å²) < 4.78 is 26.3. The Morgan fingerprint density at radius 1 is 0.864 bits per heavy atom. The van der Waals surface area contributed by atoms with Crippen molar-refractivity contribution in [3.05, 3.63) is 118 Å². The van der Waals surface area contributed by atoms with Crippen LogP contribution in [0.3, 0.4) is 0 Å². The number of ether oxygens (including phenoxy) is 2. The van der Waals surface area contributed by atoms with Crippen molar-refractivity contribution < 1.29 is 23.5 Å². The Kier molecular flexibility index (Phi) is 12.1. The van der Waals surface area contributed by atoms with Gasteiger partial charge in [0.1, 0.15) is 18.0 Å². The number of esters is 2. The standard InChI is InChI=1S/C38H46FNO4/c1-9-15-26(4)40(34-22-28(10-2)18-19-31(34)24-35(41)44-38(6,7)8)36(32-20-21-33(39)30(11-3)23-32)27(5)37(42)43-25-29-16-13-12-14-17-29/h12-23H,9-11,24-25H2,1-8H3/b26-15-,36-27+. The molecule has 0 unspecified atom stereocenters. The number of aryl methyl sites for hydroxylation is 2. The fourth-order valence-electron chi connectivity index (χ4n) is 5.03. The van der Waals surface area contributed by atoms with Crippen LogP contribution in [0.5, 0.6) is 0 Å². The molecule has 3 rings (SSSR count). The van der Waals surface area contributed by atoms with Crippen LogP contribution in [0.4, 0.5) is 10.1 Å². The number of benzene rings is 3. The second-order valence-corrected chi connectivity index (χ2v) is 11.9. The van der Waals surface area contributed by atoms with E-state index >= 15 is 0 Å². The molecular formula is C38H46FNO4. The molecule has 0 heterocycles. The maximum atomic E-state index is 14.8. The third-order valence-electron chi connectivity index (χ3n) is 7.20. The highest BCUT2D eigenvalue weighted by Gasteiger charge is 2.27. The Morgan fingerprint density at radius 3 is 2.18 bits per heavy atom. The number of carbonyl (C=O) groups is 2. The lowest BCUT2D eigenvalue weighted by molar-refractivity contribution is -0.154. The Bertz CT molecular complexity index is 1520. The molecule has 0 fully saturated rings. The van der Waals surface area contributed by atoms with E-state index in [9.17, 15) is 14.0 Å². The van der Waals surface area contributed by atoms with Crippen LogP contribution < -0.4 is 4.90 Å². The molecule has 0 saturated heterocycles. The second kappa shape index (κ2) is 15.5. The SMILES string of the molecule is CC/C=C(/C)N(/C(=C(\C)C(=O)OCc1ccccc1)c1ccc(F)c(CC)c1)c1cc(CC)ccc1CC(=O)OC(C)(C)C. The predicted octanol–water partition coefficient (Wildman–Crippen LogP) is 9.13. The summed E-state index contributed by atoms with van der Waals surface area (Å²) in [5.74, 6) is -1.13. The highest BCUT2D eigenvalue weighted by Crippen LogP contribution is 2.37. The molecule has 0 aliphatic heterocycles. The summed E-state index contributed by atoms with van der Waals surface area (Å²) in [5.41, 5.74) is 5.82. The van der Waals surface area contributed by atoms with Crippen LogP contribution in [-0.2, 0) is 44.9 Å². The van der Waals surface area contributed by atoms with Gasteiger partial charge in [0.25, 0.3) is 0 Å². The molecule has 0 radical (unpaired) electrons. The lowest BCUT2D eigenvalue weighted by Gasteiger charge is -2.33. The molecule has 5 nitrogen and oxygen atoms in total. The minimum atomic E-state index is -0.632. The molecule has 0 aliphatic rings. The summed E-state index contributed by atoms with van der Waals surface area (Å²) in [6.07, 6.45) is 4.12. The highest BCUT2D eigenvalue weighted by atomic mass is 19.1. The molecule has 0 aliphatic carbocycles. The van der Waals surface area contributed by atoms with Gasteiger partial charge in [0.15, 0.2) is 0 Å². The van der Waals surface area contributed by atoms with Crippen molar-refractivity contribution in [3.63, 3.8) is 0 Å². The number of rotatable bonds is 12. The molecule has 234 valence electrons. The fourth-order valence-corrected chi connectivity index (χ4v) is 5.03. The molecule has 0 aromatic heterocycles. The highest BCUT2D eigenvalue weighted by molar-refractivity contribution is 6.01. The first-order chi connectivity index (χ1) is 20.9. The topological polar surface area (TPSA) is 55.8 Å². The first kappa shape index (κ1) is 34.3. The van der Waals surface area contributed by atoms with E-state index in [1.807, 2.05) is 88.9 Å². The van der Waals surface area contributed by atoms with Crippen molar-refractivity contribution in [2.75, 3.05) is 4.90 Å². The summed E-state index contributed by atoms with van der Waals surface area (Å²) in [6.45, 7) is 15.4. The molecule has 0 bridgehead atoms. The monoisotopic (exact) mass is 599 g/mol. The molecular weight excluding hydrogens is 553 g/mol. The van der Waals surface area contributed by atoms with E-state index in [-0.39, 0.29) is 24.8 Å². The maximum absolute atomic E-state index is 14.8. The van der Waals surface area contributed by atoms with Gasteiger partial charge in [-0.25, -0.2) is 9.18 Å². The predicted molar refractivity (Wildman–Crippen MR) is 177 cm³/mol. The van der Waals surface area contributed by atoms with Crippen LogP contribution in [0.15, 0.2) is 84.1 Å². The summed E-state index contributed by atoms with van der Waals surface area (Å²) in [4.78, 5) is 28.8. The second-order valence-electron chi connectivity index (χ2n) is 11.9. The molecule has 0 amide bonds. The number of anilines is 1. The van der Waals surface area contributed by atoms with Gasteiger partial charge in [0.2, 0.25) is 0 Å². The van der Waals surface area contributed by atoms with E-state index in [0.29, 0.717) is 28.8 Å². The van der Waals surface area contributed by atoms with E-state index in [1.54, 1.807) is 19.1 Å². The molecule has 6 heteroatoms. The van der Waals surface area contributed by atoms with Crippen molar-refractivity contribution in [1.29, 1.82) is 0 Å². The molecule has 0 spiro atoms. The van der Waals surface area contributed by atoms with Gasteiger partial charge in [-0.15, -0.1) is 0 Å². The molecule has 0 saturated carbocycles. The smallest absolute Gasteiger partial charge is 0.336 e. The number of carbonyl (C=O) groups excluding carboxylic acids is 2. The molecule has 0 N–H and O–H groups in total. The fraction of sp³-hybridized carbons (Fsp3) is 0.368. The van der Waals surface area contributed by atoms with Crippen LogP contribution in [0.2, 0.25) is 0 Å². The summed E-state index contributed by atoms with van der Waals surface area (Å²) in [6, 6.07) is 20.5. The summed E-state index contributed by atoms with van der Waals surface area (Å²) in [7, 11) is 0. The van der Waals surface area contributed by atoms with Gasteiger partial charge < -0.3 is 14.4 Å². The quantitative estimate of drug-likeness (QED) is 0.154.